The van der Waals surface area contributed by atoms with Crippen molar-refractivity contribution in [2.75, 3.05) is 24.4 Å². The van der Waals surface area contributed by atoms with Crippen LogP contribution < -0.4 is 0 Å². The van der Waals surface area contributed by atoms with E-state index in [9.17, 15) is 0 Å². The molecule has 0 N–H and O–H groups in total. The third-order valence-electron chi connectivity index (χ3n) is 0.894. The molecule has 0 unspecified atom stereocenters. The second kappa shape index (κ2) is 8.73. The minimum atomic E-state index is 0.605. The molecule has 0 saturated heterocycles. The molecule has 56 valence electrons. The van der Waals surface area contributed by atoms with Gasteiger partial charge in [-0.3, -0.25) is 0 Å². The average molecular weight is 216 g/mol. The Labute approximate surface area is 69.8 Å². The molecule has 0 aromatic heterocycles. The third kappa shape index (κ3) is 8.73. The molecule has 0 rings (SSSR count). The van der Waals surface area contributed by atoms with Crippen molar-refractivity contribution in [2.45, 2.75) is 12.8 Å². The molecule has 0 atom stereocenters. The minimum Gasteiger partial charge on any atom is -0.380 e. The van der Waals surface area contributed by atoms with E-state index in [0.29, 0.717) is 12.5 Å². The highest BCUT2D eigenvalue weighted by Crippen LogP contribution is 1.93. The van der Waals surface area contributed by atoms with Crippen molar-refractivity contribution in [3.63, 3.8) is 0 Å². The molecule has 0 heterocycles. The summed E-state index contributed by atoms with van der Waals surface area (Å²) in [5.74, 6) is 0.605. The quantitative estimate of drug-likeness (QED) is 0.488. The zero-order valence-electron chi connectivity index (χ0n) is 5.41. The maximum absolute atomic E-state index is 5.38. The van der Waals surface area contributed by atoms with E-state index >= 15 is 0 Å². The van der Waals surface area contributed by atoms with Crippen LogP contribution in [0.4, 0.5) is 0 Å². The Morgan fingerprint density at radius 2 is 2.00 bits per heavy atom. The van der Waals surface area contributed by atoms with Crippen molar-refractivity contribution in [1.29, 1.82) is 0 Å². The molecule has 0 radical (unpaired) electrons. The number of halogens is 2. The fourth-order valence-corrected chi connectivity index (χ4v) is 0.961. The molecule has 0 amide bonds. The molecule has 0 aliphatic heterocycles. The van der Waals surface area contributed by atoms with Gasteiger partial charge >= 0.3 is 0 Å². The molecule has 1 nitrogen and oxygen atoms in total. The van der Waals surface area contributed by atoms with E-state index in [1.165, 1.54) is 6.42 Å². The predicted octanol–water partition coefficient (Wildman–Crippen LogP) is 2.42. The smallest absolute Gasteiger partial charge is 0.0601 e. The van der Waals surface area contributed by atoms with Crippen LogP contribution in [-0.4, -0.2) is 24.4 Å². The number of rotatable bonds is 6. The molecule has 0 spiro atoms. The summed E-state index contributed by atoms with van der Waals surface area (Å²) in [6.07, 6.45) is 2.31. The van der Waals surface area contributed by atoms with Gasteiger partial charge in [0.1, 0.15) is 0 Å². The van der Waals surface area contributed by atoms with Crippen molar-refractivity contribution < 1.29 is 4.74 Å². The van der Waals surface area contributed by atoms with E-state index in [0.717, 1.165) is 18.4 Å². The van der Waals surface area contributed by atoms with Gasteiger partial charge in [0.05, 0.1) is 6.61 Å². The summed E-state index contributed by atoms with van der Waals surface area (Å²) in [5, 5.41) is 1.07. The van der Waals surface area contributed by atoms with Crippen LogP contribution in [-0.2, 0) is 4.74 Å². The average Bonchev–Trinajstić information content (AvgIpc) is 1.89. The van der Waals surface area contributed by atoms with Gasteiger partial charge in [-0.05, 0) is 12.8 Å². The summed E-state index contributed by atoms with van der Waals surface area (Å²) in [4.78, 5) is 0. The molecule has 0 saturated carbocycles. The van der Waals surface area contributed by atoms with E-state index in [4.69, 9.17) is 16.3 Å². The van der Waals surface area contributed by atoms with Gasteiger partial charge in [-0.1, -0.05) is 15.9 Å². The van der Waals surface area contributed by atoms with Crippen molar-refractivity contribution in [3.8, 4) is 0 Å². The number of unbranched alkanes of at least 4 members (excludes halogenated alkanes) is 1. The minimum absolute atomic E-state index is 0.605. The number of ether oxygens (including phenoxy) is 1. The predicted molar refractivity (Wildman–Crippen MR) is 44.6 cm³/mol. The normalized spacial score (nSPS) is 10.0. The van der Waals surface area contributed by atoms with Gasteiger partial charge in [-0.15, -0.1) is 11.6 Å². The Kier molecular flexibility index (Phi) is 9.44. The summed E-state index contributed by atoms with van der Waals surface area (Å²) < 4.78 is 5.13. The molecule has 3 heteroatoms. The Hall–Kier alpha value is 0.730. The maximum Gasteiger partial charge on any atom is 0.0601 e. The van der Waals surface area contributed by atoms with Crippen LogP contribution in [0, 0.1) is 0 Å². The van der Waals surface area contributed by atoms with Crippen LogP contribution in [0.25, 0.3) is 0 Å². The van der Waals surface area contributed by atoms with Crippen LogP contribution in [0.2, 0.25) is 0 Å². The fourth-order valence-electron chi connectivity index (χ4n) is 0.455. The molecular formula is C6H12BrClO. The highest BCUT2D eigenvalue weighted by atomic mass is 79.9. The lowest BCUT2D eigenvalue weighted by Crippen LogP contribution is -1.97. The fraction of sp³-hybridized carbons (Fsp3) is 1.00. The number of alkyl halides is 2. The van der Waals surface area contributed by atoms with Crippen molar-refractivity contribution >= 4 is 27.5 Å². The Balaban J connectivity index is 2.60. The highest BCUT2D eigenvalue weighted by molar-refractivity contribution is 9.09. The standard InChI is InChI=1S/C6H12BrClO/c7-3-1-2-5-9-6-4-8/h1-6H2. The summed E-state index contributed by atoms with van der Waals surface area (Å²) in [7, 11) is 0. The molecule has 0 bridgehead atoms. The van der Waals surface area contributed by atoms with Gasteiger partial charge in [-0.2, -0.15) is 0 Å². The molecule has 0 aromatic carbocycles. The molecule has 9 heavy (non-hydrogen) atoms. The SMILES string of the molecule is ClCCOCCCCBr. The Morgan fingerprint density at radius 3 is 2.56 bits per heavy atom. The summed E-state index contributed by atoms with van der Waals surface area (Å²) >= 11 is 8.72. The summed E-state index contributed by atoms with van der Waals surface area (Å²) in [6, 6.07) is 0. The molecule has 0 aliphatic rings. The monoisotopic (exact) mass is 214 g/mol. The first-order valence-electron chi connectivity index (χ1n) is 3.11. The molecule has 0 aromatic rings. The van der Waals surface area contributed by atoms with Gasteiger partial charge in [0.2, 0.25) is 0 Å². The van der Waals surface area contributed by atoms with Crippen LogP contribution in [0.5, 0.6) is 0 Å². The van der Waals surface area contributed by atoms with Crippen molar-refractivity contribution in [2.24, 2.45) is 0 Å². The van der Waals surface area contributed by atoms with Crippen LogP contribution in [0.15, 0.2) is 0 Å². The lowest BCUT2D eigenvalue weighted by Gasteiger charge is -1.98. The zero-order valence-corrected chi connectivity index (χ0v) is 7.75. The van der Waals surface area contributed by atoms with Gasteiger partial charge in [0.15, 0.2) is 0 Å². The van der Waals surface area contributed by atoms with E-state index in [-0.39, 0.29) is 0 Å². The molecular weight excluding hydrogens is 203 g/mol. The van der Waals surface area contributed by atoms with Crippen LogP contribution >= 0.6 is 27.5 Å². The second-order valence-electron chi connectivity index (χ2n) is 1.70. The lowest BCUT2D eigenvalue weighted by molar-refractivity contribution is 0.146. The van der Waals surface area contributed by atoms with E-state index in [2.05, 4.69) is 15.9 Å². The largest absolute Gasteiger partial charge is 0.380 e. The first-order valence-corrected chi connectivity index (χ1v) is 4.77. The first-order chi connectivity index (χ1) is 4.41. The maximum atomic E-state index is 5.38. The topological polar surface area (TPSA) is 9.23 Å². The van der Waals surface area contributed by atoms with Crippen LogP contribution in [0.3, 0.4) is 0 Å². The zero-order chi connectivity index (χ0) is 6.95. The van der Waals surface area contributed by atoms with Gasteiger partial charge in [-0.25, -0.2) is 0 Å². The van der Waals surface area contributed by atoms with Crippen molar-refractivity contribution in [1.82, 2.24) is 0 Å². The molecule has 0 aliphatic carbocycles. The molecule has 0 fully saturated rings. The number of hydrogen-bond acceptors (Lipinski definition) is 1. The van der Waals surface area contributed by atoms with Crippen molar-refractivity contribution in [3.05, 3.63) is 0 Å². The van der Waals surface area contributed by atoms with E-state index < -0.39 is 0 Å². The Morgan fingerprint density at radius 1 is 1.22 bits per heavy atom. The third-order valence-corrected chi connectivity index (χ3v) is 1.61. The van der Waals surface area contributed by atoms with Gasteiger partial charge < -0.3 is 4.74 Å². The number of hydrogen-bond donors (Lipinski definition) is 0. The van der Waals surface area contributed by atoms with E-state index in [1.807, 2.05) is 0 Å². The second-order valence-corrected chi connectivity index (χ2v) is 2.87. The van der Waals surface area contributed by atoms with Gasteiger partial charge in [0, 0.05) is 17.8 Å². The van der Waals surface area contributed by atoms with E-state index in [1.54, 1.807) is 0 Å². The van der Waals surface area contributed by atoms with Gasteiger partial charge in [0.25, 0.3) is 0 Å². The summed E-state index contributed by atoms with van der Waals surface area (Å²) in [5.41, 5.74) is 0. The highest BCUT2D eigenvalue weighted by Gasteiger charge is 1.85. The van der Waals surface area contributed by atoms with Crippen LogP contribution in [0.1, 0.15) is 12.8 Å². The summed E-state index contributed by atoms with van der Waals surface area (Å²) in [6.45, 7) is 1.53. The Bertz CT molecular complexity index is 46.3. The first kappa shape index (κ1) is 9.73. The lowest BCUT2D eigenvalue weighted by atomic mass is 10.4.